The molecule has 3 N–H and O–H groups in total. The molecule has 21 heavy (non-hydrogen) atoms. The Kier molecular flexibility index (Phi) is 4.64. The van der Waals surface area contributed by atoms with Gasteiger partial charge < -0.3 is 10.0 Å². The number of aromatic amines is 1. The quantitative estimate of drug-likeness (QED) is 0.689. The van der Waals surface area contributed by atoms with Gasteiger partial charge in [0.15, 0.2) is 5.69 Å². The molecule has 1 aromatic rings. The molecule has 1 aliphatic rings. The highest BCUT2D eigenvalue weighted by Crippen LogP contribution is 2.18. The molecule has 1 fully saturated rings. The fourth-order valence-electron chi connectivity index (χ4n) is 2.61. The highest BCUT2D eigenvalue weighted by molar-refractivity contribution is 7.89. The van der Waals surface area contributed by atoms with E-state index < -0.39 is 21.7 Å². The average molecular weight is 316 g/mol. The smallest absolute Gasteiger partial charge is 0.357 e. The fraction of sp³-hybridized carbons (Fsp3) is 0.667. The monoisotopic (exact) mass is 316 g/mol. The van der Waals surface area contributed by atoms with E-state index in [1.165, 1.54) is 6.92 Å². The molecule has 0 bridgehead atoms. The molecule has 118 valence electrons. The van der Waals surface area contributed by atoms with E-state index >= 15 is 0 Å². The molecule has 9 heteroatoms. The SMILES string of the molecule is Cc1[nH]nc(C(=O)O)c1S(=O)(=O)NC(C)CN1CCCC1. The Morgan fingerprint density at radius 3 is 2.67 bits per heavy atom. The van der Waals surface area contributed by atoms with E-state index in [4.69, 9.17) is 5.11 Å². The van der Waals surface area contributed by atoms with Gasteiger partial charge in [0, 0.05) is 12.6 Å². The van der Waals surface area contributed by atoms with Crippen molar-refractivity contribution >= 4 is 16.0 Å². The Hall–Kier alpha value is -1.45. The van der Waals surface area contributed by atoms with Gasteiger partial charge in [0.25, 0.3) is 0 Å². The Labute approximate surface area is 123 Å². The highest BCUT2D eigenvalue weighted by atomic mass is 32.2. The summed E-state index contributed by atoms with van der Waals surface area (Å²) in [5, 5.41) is 15.0. The first-order valence-electron chi connectivity index (χ1n) is 6.84. The van der Waals surface area contributed by atoms with E-state index in [0.29, 0.717) is 6.54 Å². The first kappa shape index (κ1) is 15.9. The number of nitrogens with one attached hydrogen (secondary N) is 2. The van der Waals surface area contributed by atoms with E-state index in [-0.39, 0.29) is 16.6 Å². The third-order valence-electron chi connectivity index (χ3n) is 3.45. The molecular weight excluding hydrogens is 296 g/mol. The van der Waals surface area contributed by atoms with E-state index in [2.05, 4.69) is 19.8 Å². The van der Waals surface area contributed by atoms with Crippen LogP contribution in [0, 0.1) is 6.92 Å². The van der Waals surface area contributed by atoms with Gasteiger partial charge in [-0.05, 0) is 39.8 Å². The molecule has 1 aromatic heterocycles. The highest BCUT2D eigenvalue weighted by Gasteiger charge is 2.29. The van der Waals surface area contributed by atoms with E-state index in [1.54, 1.807) is 6.92 Å². The van der Waals surface area contributed by atoms with Crippen LogP contribution in [0.1, 0.15) is 35.9 Å². The zero-order valence-corrected chi connectivity index (χ0v) is 12.9. The first-order chi connectivity index (χ1) is 9.81. The van der Waals surface area contributed by atoms with Crippen molar-refractivity contribution in [3.8, 4) is 0 Å². The summed E-state index contributed by atoms with van der Waals surface area (Å²) in [5.74, 6) is -1.37. The van der Waals surface area contributed by atoms with Crippen molar-refractivity contribution < 1.29 is 18.3 Å². The van der Waals surface area contributed by atoms with Crippen LogP contribution in [0.15, 0.2) is 4.90 Å². The lowest BCUT2D eigenvalue weighted by molar-refractivity contribution is 0.0686. The lowest BCUT2D eigenvalue weighted by Gasteiger charge is -2.21. The van der Waals surface area contributed by atoms with Crippen LogP contribution >= 0.6 is 0 Å². The Balaban J connectivity index is 2.14. The maximum atomic E-state index is 12.4. The minimum Gasteiger partial charge on any atom is -0.476 e. The summed E-state index contributed by atoms with van der Waals surface area (Å²) in [6, 6.07) is -0.302. The third kappa shape index (κ3) is 3.60. The summed E-state index contributed by atoms with van der Waals surface area (Å²) in [6.07, 6.45) is 2.26. The van der Waals surface area contributed by atoms with Gasteiger partial charge in [-0.15, -0.1) is 0 Å². The number of aromatic nitrogens is 2. The number of rotatable bonds is 6. The van der Waals surface area contributed by atoms with Crippen molar-refractivity contribution in [3.05, 3.63) is 11.4 Å². The van der Waals surface area contributed by atoms with E-state index in [0.717, 1.165) is 25.9 Å². The number of carboxylic acids is 1. The topological polar surface area (TPSA) is 115 Å². The first-order valence-corrected chi connectivity index (χ1v) is 8.32. The molecule has 8 nitrogen and oxygen atoms in total. The van der Waals surface area contributed by atoms with Gasteiger partial charge in [0.05, 0.1) is 5.69 Å². The summed E-state index contributed by atoms with van der Waals surface area (Å²) in [4.78, 5) is 13.0. The van der Waals surface area contributed by atoms with Crippen molar-refractivity contribution in [2.45, 2.75) is 37.6 Å². The van der Waals surface area contributed by atoms with Crippen molar-refractivity contribution in [2.75, 3.05) is 19.6 Å². The molecule has 0 spiro atoms. The van der Waals surface area contributed by atoms with Gasteiger partial charge in [0.1, 0.15) is 4.90 Å². The van der Waals surface area contributed by atoms with Crippen LogP contribution in [0.3, 0.4) is 0 Å². The largest absolute Gasteiger partial charge is 0.476 e. The number of H-pyrrole nitrogens is 1. The zero-order valence-electron chi connectivity index (χ0n) is 12.1. The van der Waals surface area contributed by atoms with Crippen LogP contribution in [0.5, 0.6) is 0 Å². The second-order valence-corrected chi connectivity index (χ2v) is 7.01. The summed E-state index contributed by atoms with van der Waals surface area (Å²) >= 11 is 0. The lowest BCUT2D eigenvalue weighted by Crippen LogP contribution is -2.41. The van der Waals surface area contributed by atoms with Crippen LogP contribution in [0.25, 0.3) is 0 Å². The second-order valence-electron chi connectivity index (χ2n) is 5.36. The minimum absolute atomic E-state index is 0.216. The minimum atomic E-state index is -3.92. The number of carbonyl (C=O) groups is 1. The van der Waals surface area contributed by atoms with Crippen molar-refractivity contribution in [1.82, 2.24) is 19.8 Å². The fourth-order valence-corrected chi connectivity index (χ4v) is 4.16. The molecular formula is C12H20N4O4S. The van der Waals surface area contributed by atoms with Crippen molar-refractivity contribution in [3.63, 3.8) is 0 Å². The molecule has 2 rings (SSSR count). The molecule has 0 aromatic carbocycles. The molecule has 1 saturated heterocycles. The standard InChI is InChI=1S/C12H20N4O4S/c1-8(7-16-5-3-4-6-16)15-21(19,20)11-9(2)13-14-10(11)12(17)18/h8,15H,3-7H2,1-2H3,(H,13,14)(H,17,18). The van der Waals surface area contributed by atoms with Crippen LogP contribution in [0.2, 0.25) is 0 Å². The molecule has 0 saturated carbocycles. The molecule has 0 amide bonds. The van der Waals surface area contributed by atoms with E-state index in [9.17, 15) is 13.2 Å². The van der Waals surface area contributed by atoms with Crippen LogP contribution in [0.4, 0.5) is 0 Å². The number of aromatic carboxylic acids is 1. The average Bonchev–Trinajstić information content (AvgIpc) is 2.97. The van der Waals surface area contributed by atoms with Crippen LogP contribution in [-0.2, 0) is 10.0 Å². The molecule has 1 aliphatic heterocycles. The van der Waals surface area contributed by atoms with Gasteiger partial charge in [0.2, 0.25) is 10.0 Å². The Morgan fingerprint density at radius 1 is 1.48 bits per heavy atom. The number of aryl methyl sites for hydroxylation is 1. The molecule has 0 aliphatic carbocycles. The maximum absolute atomic E-state index is 12.4. The molecule has 0 radical (unpaired) electrons. The molecule has 1 unspecified atom stereocenters. The predicted octanol–water partition coefficient (Wildman–Crippen LogP) is 0.179. The predicted molar refractivity (Wildman–Crippen MR) is 75.7 cm³/mol. The molecule has 1 atom stereocenters. The second kappa shape index (κ2) is 6.12. The number of sulfonamides is 1. The number of carboxylic acid groups (broad SMARTS) is 1. The number of hydrogen-bond acceptors (Lipinski definition) is 5. The van der Waals surface area contributed by atoms with Gasteiger partial charge in [-0.3, -0.25) is 5.10 Å². The normalized spacial score (nSPS) is 18.0. The maximum Gasteiger partial charge on any atom is 0.357 e. The lowest BCUT2D eigenvalue weighted by atomic mass is 10.3. The van der Waals surface area contributed by atoms with Crippen molar-refractivity contribution in [2.24, 2.45) is 0 Å². The van der Waals surface area contributed by atoms with Gasteiger partial charge in [-0.25, -0.2) is 17.9 Å². The van der Waals surface area contributed by atoms with Crippen LogP contribution < -0.4 is 4.72 Å². The Morgan fingerprint density at radius 2 is 2.10 bits per heavy atom. The van der Waals surface area contributed by atoms with Crippen molar-refractivity contribution in [1.29, 1.82) is 0 Å². The Bertz CT molecular complexity index is 619. The van der Waals surface area contributed by atoms with E-state index in [1.807, 2.05) is 0 Å². The van der Waals surface area contributed by atoms with Gasteiger partial charge in [-0.2, -0.15) is 5.10 Å². The summed E-state index contributed by atoms with van der Waals surface area (Å²) in [6.45, 7) is 5.80. The summed E-state index contributed by atoms with van der Waals surface area (Å²) in [5.41, 5.74) is -0.262. The number of nitrogens with zero attached hydrogens (tertiary/aromatic N) is 2. The van der Waals surface area contributed by atoms with Gasteiger partial charge >= 0.3 is 5.97 Å². The summed E-state index contributed by atoms with van der Waals surface area (Å²) in [7, 11) is -3.92. The number of hydrogen-bond donors (Lipinski definition) is 3. The number of likely N-dealkylation sites (tertiary alicyclic amines) is 1. The molecule has 2 heterocycles. The summed E-state index contributed by atoms with van der Waals surface area (Å²) < 4.78 is 27.3. The van der Waals surface area contributed by atoms with Gasteiger partial charge in [-0.1, -0.05) is 0 Å². The van der Waals surface area contributed by atoms with Crippen LogP contribution in [-0.4, -0.2) is 60.3 Å². The zero-order chi connectivity index (χ0) is 15.6. The third-order valence-corrected chi connectivity index (χ3v) is 5.20.